The van der Waals surface area contributed by atoms with E-state index in [1.165, 1.54) is 30.2 Å². The predicted molar refractivity (Wildman–Crippen MR) is 78.6 cm³/mol. The van der Waals surface area contributed by atoms with Gasteiger partial charge in [-0.25, -0.2) is 0 Å². The van der Waals surface area contributed by atoms with E-state index in [0.29, 0.717) is 12.1 Å². The second-order valence-corrected chi connectivity index (χ2v) is 4.89. The van der Waals surface area contributed by atoms with Crippen LogP contribution in [0.5, 0.6) is 11.5 Å². The Balaban J connectivity index is 2.14. The molecule has 0 unspecified atom stereocenters. The van der Waals surface area contributed by atoms with Crippen LogP contribution in [0.3, 0.4) is 0 Å². The summed E-state index contributed by atoms with van der Waals surface area (Å²) < 4.78 is 35.6. The van der Waals surface area contributed by atoms with Gasteiger partial charge in [0.25, 0.3) is 5.91 Å². The van der Waals surface area contributed by atoms with Gasteiger partial charge in [0.15, 0.2) is 11.5 Å². The number of halogens is 2. The average Bonchev–Trinajstić information content (AvgIpc) is 2.91. The number of amides is 1. The lowest BCUT2D eigenvalue weighted by atomic mass is 10.1. The van der Waals surface area contributed by atoms with Gasteiger partial charge in [-0.2, -0.15) is 13.9 Å². The maximum Gasteiger partial charge on any atom is 0.387 e. The van der Waals surface area contributed by atoms with Crippen molar-refractivity contribution in [3.63, 3.8) is 0 Å². The van der Waals surface area contributed by atoms with Crippen molar-refractivity contribution in [3.05, 3.63) is 41.7 Å². The van der Waals surface area contributed by atoms with Gasteiger partial charge in [0.1, 0.15) is 0 Å². The molecule has 23 heavy (non-hydrogen) atoms. The van der Waals surface area contributed by atoms with Crippen molar-refractivity contribution in [1.29, 1.82) is 0 Å². The molecule has 0 aliphatic carbocycles. The topological polar surface area (TPSA) is 56.6 Å². The van der Waals surface area contributed by atoms with Crippen LogP contribution < -0.4 is 9.47 Å². The van der Waals surface area contributed by atoms with E-state index in [9.17, 15) is 13.6 Å². The first-order chi connectivity index (χ1) is 10.9. The largest absolute Gasteiger partial charge is 0.493 e. The highest BCUT2D eigenvalue weighted by atomic mass is 19.3. The van der Waals surface area contributed by atoms with Crippen LogP contribution in [0.15, 0.2) is 30.5 Å². The summed E-state index contributed by atoms with van der Waals surface area (Å²) in [5, 5.41) is 4.20. The van der Waals surface area contributed by atoms with Crippen LogP contribution in [0.1, 0.15) is 16.1 Å². The van der Waals surface area contributed by atoms with Gasteiger partial charge < -0.3 is 14.4 Å². The lowest BCUT2D eigenvalue weighted by molar-refractivity contribution is -0.0512. The van der Waals surface area contributed by atoms with E-state index in [4.69, 9.17) is 4.74 Å². The molecule has 6 nitrogen and oxygen atoms in total. The number of methoxy groups -OCH3 is 1. The fourth-order valence-electron chi connectivity index (χ4n) is 2.08. The molecule has 0 aliphatic rings. The Morgan fingerprint density at radius 2 is 2.09 bits per heavy atom. The van der Waals surface area contributed by atoms with Gasteiger partial charge in [0.05, 0.1) is 19.3 Å². The molecular weight excluding hydrogens is 308 g/mol. The maximum atomic E-state index is 12.4. The van der Waals surface area contributed by atoms with Crippen molar-refractivity contribution in [2.45, 2.75) is 13.2 Å². The third-order valence-corrected chi connectivity index (χ3v) is 3.14. The number of ether oxygens (including phenoxy) is 2. The Kier molecular flexibility index (Phi) is 5.15. The molecule has 0 saturated carbocycles. The van der Waals surface area contributed by atoms with Gasteiger partial charge >= 0.3 is 6.61 Å². The van der Waals surface area contributed by atoms with Crippen LogP contribution in [0.4, 0.5) is 8.78 Å². The number of carbonyl (C=O) groups excluding carboxylic acids is 1. The molecule has 124 valence electrons. The molecule has 1 amide bonds. The lowest BCUT2D eigenvalue weighted by Gasteiger charge is -2.17. The highest BCUT2D eigenvalue weighted by Crippen LogP contribution is 2.29. The second-order valence-electron chi connectivity index (χ2n) is 4.89. The van der Waals surface area contributed by atoms with Gasteiger partial charge in [-0.05, 0) is 24.3 Å². The van der Waals surface area contributed by atoms with Crippen molar-refractivity contribution in [2.24, 2.45) is 7.05 Å². The zero-order valence-corrected chi connectivity index (χ0v) is 13.0. The normalized spacial score (nSPS) is 10.7. The Morgan fingerprint density at radius 3 is 2.65 bits per heavy atom. The fraction of sp³-hybridized carbons (Fsp3) is 0.333. The van der Waals surface area contributed by atoms with E-state index >= 15 is 0 Å². The summed E-state index contributed by atoms with van der Waals surface area (Å²) in [6.07, 6.45) is 1.78. The van der Waals surface area contributed by atoms with Crippen molar-refractivity contribution < 1.29 is 23.0 Å². The van der Waals surface area contributed by atoms with Crippen LogP contribution in [-0.2, 0) is 13.6 Å². The number of benzene rings is 1. The van der Waals surface area contributed by atoms with Gasteiger partial charge in [-0.1, -0.05) is 0 Å². The van der Waals surface area contributed by atoms with Gasteiger partial charge in [-0.15, -0.1) is 0 Å². The first-order valence-corrected chi connectivity index (χ1v) is 6.77. The second kappa shape index (κ2) is 7.08. The summed E-state index contributed by atoms with van der Waals surface area (Å²) in [4.78, 5) is 13.9. The molecule has 1 heterocycles. The minimum atomic E-state index is -2.96. The summed E-state index contributed by atoms with van der Waals surface area (Å²) in [5.41, 5.74) is 1.05. The molecule has 0 aliphatic heterocycles. The van der Waals surface area contributed by atoms with Gasteiger partial charge in [0, 0.05) is 25.9 Å². The fourth-order valence-corrected chi connectivity index (χ4v) is 2.08. The lowest BCUT2D eigenvalue weighted by Crippen LogP contribution is -2.26. The molecule has 0 N–H and O–H groups in total. The number of hydrogen-bond donors (Lipinski definition) is 0. The molecule has 2 aromatic rings. The van der Waals surface area contributed by atoms with Crippen LogP contribution >= 0.6 is 0 Å². The first-order valence-electron chi connectivity index (χ1n) is 6.77. The number of aryl methyl sites for hydroxylation is 1. The molecular formula is C15H17F2N3O3. The summed E-state index contributed by atoms with van der Waals surface area (Å²) >= 11 is 0. The van der Waals surface area contributed by atoms with E-state index in [0.717, 1.165) is 5.69 Å². The molecule has 1 aromatic carbocycles. The molecule has 0 spiro atoms. The minimum Gasteiger partial charge on any atom is -0.493 e. The van der Waals surface area contributed by atoms with Crippen molar-refractivity contribution in [3.8, 4) is 11.5 Å². The predicted octanol–water partition coefficient (Wildman–Crippen LogP) is 2.30. The first kappa shape index (κ1) is 16.7. The van der Waals surface area contributed by atoms with Crippen LogP contribution in [0.2, 0.25) is 0 Å². The Bertz CT molecular complexity index is 688. The molecule has 1 aromatic heterocycles. The van der Waals surface area contributed by atoms with Gasteiger partial charge in [-0.3, -0.25) is 9.48 Å². The zero-order valence-electron chi connectivity index (χ0n) is 13.0. The molecule has 0 atom stereocenters. The standard InChI is InChI=1S/C15H17F2N3O3/c1-19(9-11-6-7-20(2)18-11)14(21)10-4-5-12(23-15(16)17)13(8-10)22-3/h4-8,15H,9H2,1-3H3. The Morgan fingerprint density at radius 1 is 1.35 bits per heavy atom. The van der Waals surface area contributed by atoms with Crippen LogP contribution in [0, 0.1) is 0 Å². The Hall–Kier alpha value is -2.64. The van der Waals surface area contributed by atoms with E-state index < -0.39 is 6.61 Å². The Labute approximate surface area is 132 Å². The van der Waals surface area contributed by atoms with E-state index in [1.807, 2.05) is 6.07 Å². The third kappa shape index (κ3) is 4.18. The van der Waals surface area contributed by atoms with Crippen LogP contribution in [0.25, 0.3) is 0 Å². The van der Waals surface area contributed by atoms with Crippen molar-refractivity contribution in [1.82, 2.24) is 14.7 Å². The number of rotatable bonds is 6. The quantitative estimate of drug-likeness (QED) is 0.818. The third-order valence-electron chi connectivity index (χ3n) is 3.14. The highest BCUT2D eigenvalue weighted by Gasteiger charge is 2.17. The molecule has 0 radical (unpaired) electrons. The van der Waals surface area contributed by atoms with E-state index in [-0.39, 0.29) is 17.4 Å². The number of alkyl halides is 2. The molecule has 2 rings (SSSR count). The summed E-state index contributed by atoms with van der Waals surface area (Å²) in [6.45, 7) is -2.63. The number of hydrogen-bond acceptors (Lipinski definition) is 4. The van der Waals surface area contributed by atoms with Crippen molar-refractivity contribution in [2.75, 3.05) is 14.2 Å². The SMILES string of the molecule is COc1cc(C(=O)N(C)Cc2ccn(C)n2)ccc1OC(F)F. The monoisotopic (exact) mass is 325 g/mol. The average molecular weight is 325 g/mol. The highest BCUT2D eigenvalue weighted by molar-refractivity contribution is 5.94. The minimum absolute atomic E-state index is 0.0717. The summed E-state index contributed by atoms with van der Waals surface area (Å²) in [7, 11) is 4.74. The maximum absolute atomic E-state index is 12.4. The van der Waals surface area contributed by atoms with Crippen molar-refractivity contribution >= 4 is 5.91 Å². The molecule has 8 heteroatoms. The van der Waals surface area contributed by atoms with Gasteiger partial charge in [0.2, 0.25) is 0 Å². The zero-order chi connectivity index (χ0) is 17.0. The number of aromatic nitrogens is 2. The van der Waals surface area contributed by atoms with E-state index in [2.05, 4.69) is 9.84 Å². The van der Waals surface area contributed by atoms with Crippen LogP contribution in [-0.4, -0.2) is 41.4 Å². The summed E-state index contributed by atoms with van der Waals surface area (Å²) in [5.74, 6) is -0.327. The van der Waals surface area contributed by atoms with E-state index in [1.54, 1.807) is 25.0 Å². The molecule has 0 fully saturated rings. The summed E-state index contributed by atoms with van der Waals surface area (Å²) in [6, 6.07) is 5.88. The molecule has 0 bridgehead atoms. The number of nitrogens with zero attached hydrogens (tertiary/aromatic N) is 3. The smallest absolute Gasteiger partial charge is 0.387 e. The molecule has 0 saturated heterocycles. The number of carbonyl (C=O) groups is 1.